The van der Waals surface area contributed by atoms with Gasteiger partial charge in [0, 0.05) is 25.7 Å². The quantitative estimate of drug-likeness (QED) is 0.0222. The van der Waals surface area contributed by atoms with Crippen molar-refractivity contribution in [3.63, 3.8) is 0 Å². The Morgan fingerprint density at radius 3 is 0.872 bits per heavy atom. The van der Waals surface area contributed by atoms with Crippen molar-refractivity contribution in [1.29, 1.82) is 0 Å². The zero-order valence-corrected chi connectivity index (χ0v) is 51.6. The molecule has 0 fully saturated rings. The monoisotopic (exact) mass is 1160 g/mol. The second kappa shape index (κ2) is 53.1. The standard InChI is InChI=1S/C59H114O17P2/c1-6-9-12-15-27-33-38-43-57(62)70-49-55(76-59(64)45-40-35-30-26-24-22-20-18-17-19-21-23-25-29-32-36-41-52(4)5)51-74-78(67,68)72-47-53(60)46-71-77(65,66)73-50-54(48-69-56(61)42-37-31-14-11-8-3)75-58(63)44-39-34-28-16-13-10-7-2/h52-55,60H,6-51H2,1-5H3,(H,65,66)(H,67,68)/t53-,54+,55+/m0/s1. The maximum atomic E-state index is 12.9. The summed E-state index contributed by atoms with van der Waals surface area (Å²) in [6.07, 6.45) is 35.6. The van der Waals surface area contributed by atoms with Crippen LogP contribution in [-0.2, 0) is 65.4 Å². The highest BCUT2D eigenvalue weighted by molar-refractivity contribution is 7.47. The molecule has 0 aliphatic carbocycles. The van der Waals surface area contributed by atoms with Gasteiger partial charge in [0.25, 0.3) is 0 Å². The zero-order valence-electron chi connectivity index (χ0n) is 49.8. The number of phosphoric acid groups is 2. The molecule has 0 heterocycles. The predicted octanol–water partition coefficient (Wildman–Crippen LogP) is 15.8. The van der Waals surface area contributed by atoms with Gasteiger partial charge >= 0.3 is 39.5 Å². The van der Waals surface area contributed by atoms with Crippen molar-refractivity contribution in [2.45, 2.75) is 310 Å². The van der Waals surface area contributed by atoms with E-state index in [0.29, 0.717) is 25.7 Å². The lowest BCUT2D eigenvalue weighted by molar-refractivity contribution is -0.161. The average molecular weight is 1160 g/mol. The third-order valence-electron chi connectivity index (χ3n) is 13.5. The van der Waals surface area contributed by atoms with Crippen LogP contribution in [0.25, 0.3) is 0 Å². The summed E-state index contributed by atoms with van der Waals surface area (Å²) in [5.74, 6) is -1.35. The van der Waals surface area contributed by atoms with E-state index in [2.05, 4.69) is 34.6 Å². The number of aliphatic hydroxyl groups excluding tert-OH is 1. The third-order valence-corrected chi connectivity index (χ3v) is 15.4. The fourth-order valence-electron chi connectivity index (χ4n) is 8.70. The molecule has 0 aliphatic heterocycles. The van der Waals surface area contributed by atoms with Crippen LogP contribution in [0, 0.1) is 5.92 Å². The minimum atomic E-state index is -4.93. The van der Waals surface area contributed by atoms with Crippen LogP contribution in [0.3, 0.4) is 0 Å². The van der Waals surface area contributed by atoms with Gasteiger partial charge in [0.15, 0.2) is 12.2 Å². The lowest BCUT2D eigenvalue weighted by Crippen LogP contribution is -2.30. The first kappa shape index (κ1) is 76.1. The Labute approximate surface area is 473 Å². The summed E-state index contributed by atoms with van der Waals surface area (Å²) in [5.41, 5.74) is 0. The zero-order chi connectivity index (χ0) is 57.8. The Morgan fingerprint density at radius 2 is 0.590 bits per heavy atom. The molecule has 0 aromatic carbocycles. The van der Waals surface area contributed by atoms with Gasteiger partial charge in [-0.3, -0.25) is 37.3 Å². The molecule has 0 aromatic heterocycles. The molecule has 17 nitrogen and oxygen atoms in total. The molecule has 3 N–H and O–H groups in total. The number of carbonyl (C=O) groups excluding carboxylic acids is 4. The highest BCUT2D eigenvalue weighted by atomic mass is 31.2. The molecule has 0 saturated carbocycles. The smallest absolute Gasteiger partial charge is 0.462 e. The molecule has 2 unspecified atom stereocenters. The summed E-state index contributed by atoms with van der Waals surface area (Å²) < 4.78 is 67.4. The maximum Gasteiger partial charge on any atom is 0.472 e. The van der Waals surface area contributed by atoms with Crippen LogP contribution >= 0.6 is 15.6 Å². The molecule has 5 atom stereocenters. The maximum absolute atomic E-state index is 12.9. The fraction of sp³-hybridized carbons (Fsp3) is 0.932. The Hall–Kier alpha value is -1.94. The first-order valence-electron chi connectivity index (χ1n) is 31.1. The number of carbonyl (C=O) groups is 4. The molecular weight excluding hydrogens is 1040 g/mol. The first-order valence-corrected chi connectivity index (χ1v) is 34.1. The van der Waals surface area contributed by atoms with Crippen LogP contribution in [0.1, 0.15) is 291 Å². The van der Waals surface area contributed by atoms with Crippen molar-refractivity contribution in [2.75, 3.05) is 39.6 Å². The number of rotatable bonds is 59. The Morgan fingerprint density at radius 1 is 0.346 bits per heavy atom. The molecule has 78 heavy (non-hydrogen) atoms. The van der Waals surface area contributed by atoms with Crippen molar-refractivity contribution >= 4 is 39.5 Å². The summed E-state index contributed by atoms with van der Waals surface area (Å²) in [6, 6.07) is 0. The van der Waals surface area contributed by atoms with Crippen LogP contribution in [0.2, 0.25) is 0 Å². The Bertz CT molecular complexity index is 1530. The van der Waals surface area contributed by atoms with E-state index in [4.69, 9.17) is 37.0 Å². The van der Waals surface area contributed by atoms with Gasteiger partial charge in [0.1, 0.15) is 19.3 Å². The number of hydrogen-bond acceptors (Lipinski definition) is 15. The SMILES string of the molecule is CCCCCCCCCC(=O)OC[C@H](COP(=O)(O)OC[C@@H](O)COP(=O)(O)OC[C@@H](COC(=O)CCCCCCC)OC(=O)CCCCCCCCC)OC(=O)CCCCCCCCCCCCCCCCCCC(C)C. The summed E-state index contributed by atoms with van der Waals surface area (Å²) in [7, 11) is -9.86. The van der Waals surface area contributed by atoms with Crippen LogP contribution in [0.5, 0.6) is 0 Å². The minimum Gasteiger partial charge on any atom is -0.462 e. The summed E-state index contributed by atoms with van der Waals surface area (Å²) in [4.78, 5) is 71.4. The van der Waals surface area contributed by atoms with Gasteiger partial charge in [0.2, 0.25) is 0 Å². The van der Waals surface area contributed by atoms with Gasteiger partial charge in [-0.2, -0.15) is 0 Å². The van der Waals surface area contributed by atoms with Crippen LogP contribution in [0.4, 0.5) is 0 Å². The van der Waals surface area contributed by atoms with Gasteiger partial charge in [-0.05, 0) is 31.6 Å². The van der Waals surface area contributed by atoms with Gasteiger partial charge in [0.05, 0.1) is 26.4 Å². The van der Waals surface area contributed by atoms with Gasteiger partial charge in [-0.15, -0.1) is 0 Å². The van der Waals surface area contributed by atoms with Crippen molar-refractivity contribution in [1.82, 2.24) is 0 Å². The van der Waals surface area contributed by atoms with E-state index >= 15 is 0 Å². The molecule has 0 spiro atoms. The first-order chi connectivity index (χ1) is 37.5. The number of phosphoric ester groups is 2. The van der Waals surface area contributed by atoms with Gasteiger partial charge < -0.3 is 33.8 Å². The molecule has 0 aliphatic rings. The number of unbranched alkanes of at least 4 members (excludes halogenated alkanes) is 31. The van der Waals surface area contributed by atoms with E-state index < -0.39 is 97.5 Å². The predicted molar refractivity (Wildman–Crippen MR) is 308 cm³/mol. The Kier molecular flexibility index (Phi) is 51.8. The van der Waals surface area contributed by atoms with Crippen LogP contribution in [-0.4, -0.2) is 96.7 Å². The van der Waals surface area contributed by atoms with Gasteiger partial charge in [-0.25, -0.2) is 9.13 Å². The summed E-state index contributed by atoms with van der Waals surface area (Å²) >= 11 is 0. The van der Waals surface area contributed by atoms with E-state index in [1.165, 1.54) is 83.5 Å². The number of aliphatic hydroxyl groups is 1. The second-order valence-electron chi connectivity index (χ2n) is 21.9. The molecule has 0 aromatic rings. The highest BCUT2D eigenvalue weighted by Gasteiger charge is 2.30. The van der Waals surface area contributed by atoms with E-state index in [1.807, 2.05) is 0 Å². The van der Waals surface area contributed by atoms with Crippen molar-refractivity contribution in [3.8, 4) is 0 Å². The third kappa shape index (κ3) is 53.4. The Balaban J connectivity index is 5.03. The molecule has 0 rings (SSSR count). The average Bonchev–Trinajstić information content (AvgIpc) is 3.40. The lowest BCUT2D eigenvalue weighted by atomic mass is 10.0. The molecule has 462 valence electrons. The highest BCUT2D eigenvalue weighted by Crippen LogP contribution is 2.45. The molecule has 0 bridgehead atoms. The molecular formula is C59H114O17P2. The molecule has 0 amide bonds. The molecule has 19 heteroatoms. The fourth-order valence-corrected chi connectivity index (χ4v) is 10.3. The number of hydrogen-bond donors (Lipinski definition) is 3. The van der Waals surface area contributed by atoms with Gasteiger partial charge in [-0.1, -0.05) is 240 Å². The largest absolute Gasteiger partial charge is 0.472 e. The van der Waals surface area contributed by atoms with Crippen molar-refractivity contribution in [3.05, 3.63) is 0 Å². The lowest BCUT2D eigenvalue weighted by Gasteiger charge is -2.21. The van der Waals surface area contributed by atoms with Crippen molar-refractivity contribution in [2.24, 2.45) is 5.92 Å². The van der Waals surface area contributed by atoms with Crippen LogP contribution in [0.15, 0.2) is 0 Å². The normalized spacial score (nSPS) is 14.4. The topological polar surface area (TPSA) is 237 Å². The van der Waals surface area contributed by atoms with E-state index in [-0.39, 0.29) is 25.7 Å². The number of ether oxygens (including phenoxy) is 4. The van der Waals surface area contributed by atoms with Crippen molar-refractivity contribution < 1.29 is 80.2 Å². The number of esters is 4. The summed E-state index contributed by atoms with van der Waals surface area (Å²) in [6.45, 7) is 7.01. The van der Waals surface area contributed by atoms with Crippen LogP contribution < -0.4 is 0 Å². The minimum absolute atomic E-state index is 0.103. The van der Waals surface area contributed by atoms with E-state index in [1.54, 1.807) is 0 Å². The summed E-state index contributed by atoms with van der Waals surface area (Å²) in [5, 5.41) is 10.5. The second-order valence-corrected chi connectivity index (χ2v) is 24.8. The molecule has 0 radical (unpaired) electrons. The van der Waals surface area contributed by atoms with E-state index in [9.17, 15) is 43.2 Å². The molecule has 0 saturated heterocycles. The van der Waals surface area contributed by atoms with E-state index in [0.717, 1.165) is 128 Å².